The van der Waals surface area contributed by atoms with Crippen molar-refractivity contribution < 1.29 is 18.1 Å². The predicted octanol–water partition coefficient (Wildman–Crippen LogP) is 1.97. The second-order valence-electron chi connectivity index (χ2n) is 4.49. The van der Waals surface area contributed by atoms with E-state index in [2.05, 4.69) is 0 Å². The van der Waals surface area contributed by atoms with Crippen LogP contribution in [0.3, 0.4) is 0 Å². The number of para-hydroxylation sites is 1. The van der Waals surface area contributed by atoms with Crippen molar-refractivity contribution in [3.8, 4) is 0 Å². The van der Waals surface area contributed by atoms with E-state index in [9.17, 15) is 23.3 Å². The molecule has 21 heavy (non-hydrogen) atoms. The zero-order chi connectivity index (χ0) is 16.2. The van der Waals surface area contributed by atoms with E-state index in [4.69, 9.17) is 0 Å². The molecule has 0 saturated carbocycles. The Morgan fingerprint density at radius 3 is 2.38 bits per heavy atom. The lowest BCUT2D eigenvalue weighted by Gasteiger charge is -2.25. The molecule has 0 spiro atoms. The van der Waals surface area contributed by atoms with Crippen LogP contribution in [0.25, 0.3) is 0 Å². The highest BCUT2D eigenvalue weighted by atomic mass is 32.2. The Morgan fingerprint density at radius 1 is 1.33 bits per heavy atom. The van der Waals surface area contributed by atoms with E-state index < -0.39 is 31.6 Å². The average molecular weight is 314 g/mol. The molecule has 1 aromatic carbocycles. The van der Waals surface area contributed by atoms with Crippen LogP contribution in [-0.2, 0) is 14.8 Å². The Morgan fingerprint density at radius 2 is 1.90 bits per heavy atom. The van der Waals surface area contributed by atoms with Gasteiger partial charge in [-0.3, -0.25) is 14.9 Å². The van der Waals surface area contributed by atoms with Crippen molar-refractivity contribution in [2.45, 2.75) is 37.6 Å². The van der Waals surface area contributed by atoms with Crippen molar-refractivity contribution in [1.82, 2.24) is 4.31 Å². The van der Waals surface area contributed by atoms with E-state index >= 15 is 0 Å². The summed E-state index contributed by atoms with van der Waals surface area (Å²) in [5.41, 5.74) is -0.497. The number of likely N-dealkylation sites (N-methyl/N-ethyl adjacent to an activating group) is 1. The normalized spacial score (nSPS) is 13.1. The molecule has 0 aliphatic carbocycles. The van der Waals surface area contributed by atoms with Crippen LogP contribution < -0.4 is 0 Å². The van der Waals surface area contributed by atoms with Gasteiger partial charge in [0, 0.05) is 19.5 Å². The molecule has 0 radical (unpaired) electrons. The van der Waals surface area contributed by atoms with Crippen molar-refractivity contribution in [2.24, 2.45) is 0 Å². The van der Waals surface area contributed by atoms with Crippen LogP contribution in [0.2, 0.25) is 0 Å². The first kappa shape index (κ1) is 17.3. The number of carbonyl (C=O) groups excluding carboxylic acids is 1. The number of nitro benzene ring substituents is 1. The van der Waals surface area contributed by atoms with Gasteiger partial charge < -0.3 is 0 Å². The monoisotopic (exact) mass is 314 g/mol. The van der Waals surface area contributed by atoms with Crippen molar-refractivity contribution in [3.05, 3.63) is 34.4 Å². The molecule has 1 aromatic rings. The maximum atomic E-state index is 12.5. The zero-order valence-electron chi connectivity index (χ0n) is 12.1. The summed E-state index contributed by atoms with van der Waals surface area (Å²) < 4.78 is 26.0. The molecule has 0 amide bonds. The number of ketones is 1. The quantitative estimate of drug-likeness (QED) is 0.566. The maximum absolute atomic E-state index is 12.5. The van der Waals surface area contributed by atoms with Gasteiger partial charge in [0.05, 0.1) is 11.0 Å². The number of sulfonamides is 1. The van der Waals surface area contributed by atoms with Gasteiger partial charge in [-0.15, -0.1) is 0 Å². The highest BCUT2D eigenvalue weighted by Gasteiger charge is 2.34. The van der Waals surface area contributed by atoms with Crippen LogP contribution in [0.1, 0.15) is 26.7 Å². The van der Waals surface area contributed by atoms with Crippen molar-refractivity contribution in [1.29, 1.82) is 0 Å². The predicted molar refractivity (Wildman–Crippen MR) is 77.4 cm³/mol. The van der Waals surface area contributed by atoms with Crippen LogP contribution in [0, 0.1) is 10.1 Å². The van der Waals surface area contributed by atoms with Crippen LogP contribution >= 0.6 is 0 Å². The molecule has 0 aromatic heterocycles. The van der Waals surface area contributed by atoms with Crippen molar-refractivity contribution in [3.63, 3.8) is 0 Å². The number of benzene rings is 1. The Hall–Kier alpha value is -1.80. The lowest BCUT2D eigenvalue weighted by atomic mass is 10.1. The summed E-state index contributed by atoms with van der Waals surface area (Å²) in [5.74, 6) is -0.220. The molecule has 8 heteroatoms. The molecule has 1 atom stereocenters. The molecule has 0 aliphatic rings. The fourth-order valence-corrected chi connectivity index (χ4v) is 3.64. The van der Waals surface area contributed by atoms with Gasteiger partial charge in [0.2, 0.25) is 10.0 Å². The number of Topliss-reactive ketones (excluding diaryl/α,β-unsaturated/α-hetero) is 1. The van der Waals surface area contributed by atoms with Crippen LogP contribution in [0.15, 0.2) is 29.2 Å². The molecule has 0 aliphatic heterocycles. The molecule has 0 N–H and O–H groups in total. The lowest BCUT2D eigenvalue weighted by molar-refractivity contribution is -0.387. The van der Waals surface area contributed by atoms with Gasteiger partial charge in [-0.1, -0.05) is 26.0 Å². The minimum Gasteiger partial charge on any atom is -0.298 e. The lowest BCUT2D eigenvalue weighted by Crippen LogP contribution is -2.41. The maximum Gasteiger partial charge on any atom is 0.289 e. The summed E-state index contributed by atoms with van der Waals surface area (Å²) in [6.45, 7) is 3.35. The molecule has 0 heterocycles. The average Bonchev–Trinajstić information content (AvgIpc) is 2.47. The zero-order valence-corrected chi connectivity index (χ0v) is 13.0. The fraction of sp³-hybridized carbons (Fsp3) is 0.462. The van der Waals surface area contributed by atoms with E-state index in [1.54, 1.807) is 13.8 Å². The minimum atomic E-state index is -4.11. The molecule has 116 valence electrons. The molecule has 1 rings (SSSR count). The Balaban J connectivity index is 3.34. The number of rotatable bonds is 7. The summed E-state index contributed by atoms with van der Waals surface area (Å²) in [6.07, 6.45) is 0.512. The number of hydrogen-bond acceptors (Lipinski definition) is 5. The largest absolute Gasteiger partial charge is 0.298 e. The van der Waals surface area contributed by atoms with E-state index in [-0.39, 0.29) is 12.2 Å². The van der Waals surface area contributed by atoms with E-state index in [0.29, 0.717) is 6.42 Å². The molecular weight excluding hydrogens is 296 g/mol. The first-order valence-electron chi connectivity index (χ1n) is 6.51. The number of nitrogens with zero attached hydrogens (tertiary/aromatic N) is 2. The molecule has 0 saturated heterocycles. The van der Waals surface area contributed by atoms with Gasteiger partial charge in [0.1, 0.15) is 0 Å². The molecular formula is C13H18N2O5S. The third kappa shape index (κ3) is 3.45. The number of nitro groups is 1. The highest BCUT2D eigenvalue weighted by molar-refractivity contribution is 7.89. The second-order valence-corrected chi connectivity index (χ2v) is 6.46. The SMILES string of the molecule is CCC(=O)[C@H](CC)N(C)S(=O)(=O)c1ccccc1[N+](=O)[O-]. The molecule has 0 bridgehead atoms. The van der Waals surface area contributed by atoms with Gasteiger partial charge in [0.25, 0.3) is 5.69 Å². The van der Waals surface area contributed by atoms with E-state index in [0.717, 1.165) is 10.4 Å². The molecule has 7 nitrogen and oxygen atoms in total. The van der Waals surface area contributed by atoms with Gasteiger partial charge >= 0.3 is 0 Å². The summed E-state index contributed by atoms with van der Waals surface area (Å²) in [5, 5.41) is 11.0. The first-order valence-corrected chi connectivity index (χ1v) is 7.95. The van der Waals surface area contributed by atoms with Gasteiger partial charge in [-0.05, 0) is 12.5 Å². The minimum absolute atomic E-state index is 0.204. The number of hydrogen-bond donors (Lipinski definition) is 0. The van der Waals surface area contributed by atoms with Crippen molar-refractivity contribution in [2.75, 3.05) is 7.05 Å². The first-order chi connectivity index (χ1) is 9.77. The van der Waals surface area contributed by atoms with Crippen LogP contribution in [0.4, 0.5) is 5.69 Å². The summed E-state index contributed by atoms with van der Waals surface area (Å²) in [6, 6.07) is 4.29. The van der Waals surface area contributed by atoms with Crippen LogP contribution in [-0.4, -0.2) is 36.5 Å². The third-order valence-electron chi connectivity index (χ3n) is 3.26. The van der Waals surface area contributed by atoms with E-state index in [1.807, 2.05) is 0 Å². The summed E-state index contributed by atoms with van der Waals surface area (Å²) in [7, 11) is -2.84. The standard InChI is InChI=1S/C13H18N2O5S/c1-4-10(12(16)5-2)14(3)21(19,20)13-9-7-6-8-11(13)15(17)18/h6-10H,4-5H2,1-3H3/t10-/m0/s1. The summed E-state index contributed by atoms with van der Waals surface area (Å²) in [4.78, 5) is 21.7. The summed E-state index contributed by atoms with van der Waals surface area (Å²) >= 11 is 0. The van der Waals surface area contributed by atoms with Gasteiger partial charge in [-0.25, -0.2) is 8.42 Å². The van der Waals surface area contributed by atoms with Crippen LogP contribution in [0.5, 0.6) is 0 Å². The van der Waals surface area contributed by atoms with E-state index in [1.165, 1.54) is 25.2 Å². The Labute approximate surface area is 123 Å². The Kier molecular flexibility index (Phi) is 5.56. The molecule has 0 fully saturated rings. The smallest absolute Gasteiger partial charge is 0.289 e. The third-order valence-corrected chi connectivity index (χ3v) is 5.18. The van der Waals surface area contributed by atoms with Crippen molar-refractivity contribution >= 4 is 21.5 Å². The molecule has 0 unspecified atom stereocenters. The van der Waals surface area contributed by atoms with Gasteiger partial charge in [0.15, 0.2) is 10.7 Å². The Bertz CT molecular complexity index is 642. The topological polar surface area (TPSA) is 97.6 Å². The highest BCUT2D eigenvalue weighted by Crippen LogP contribution is 2.27. The van der Waals surface area contributed by atoms with Gasteiger partial charge in [-0.2, -0.15) is 4.31 Å². The fourth-order valence-electron chi connectivity index (χ4n) is 2.07. The number of carbonyl (C=O) groups is 1. The second kappa shape index (κ2) is 6.77.